The van der Waals surface area contributed by atoms with E-state index in [9.17, 15) is 0 Å². The Morgan fingerprint density at radius 3 is 1.43 bits per heavy atom. The minimum absolute atomic E-state index is 0.702. The van der Waals surface area contributed by atoms with Gasteiger partial charge in [0, 0.05) is 10.9 Å². The fourth-order valence-electron chi connectivity index (χ4n) is 6.17. The second-order valence-electron chi connectivity index (χ2n) is 12.4. The topological polar surface area (TPSA) is 70.7 Å². The van der Waals surface area contributed by atoms with Crippen LogP contribution in [0.4, 0.5) is 0 Å². The molecule has 4 aromatic rings. The Morgan fingerprint density at radius 1 is 0.452 bits per heavy atom. The molecule has 7 heteroatoms. The van der Waals surface area contributed by atoms with Crippen LogP contribution in [-0.2, 0) is 13.1 Å². The lowest BCUT2D eigenvalue weighted by molar-refractivity contribution is 0.307. The van der Waals surface area contributed by atoms with E-state index in [-0.39, 0.29) is 0 Å². The average molecular weight is 577 g/mol. The summed E-state index contributed by atoms with van der Waals surface area (Å²) in [6.45, 7) is 15.7. The van der Waals surface area contributed by atoms with Crippen molar-refractivity contribution in [3.8, 4) is 5.75 Å². The monoisotopic (exact) mass is 576 g/mol. The molecule has 0 aliphatic heterocycles. The van der Waals surface area contributed by atoms with Gasteiger partial charge in [0.15, 0.2) is 0 Å². The molecule has 42 heavy (non-hydrogen) atoms. The summed E-state index contributed by atoms with van der Waals surface area (Å²) in [5, 5.41) is 22.4. The molecule has 2 heterocycles. The molecule has 0 unspecified atom stereocenters. The zero-order valence-electron chi connectivity index (χ0n) is 27.5. The molecule has 0 amide bonds. The first-order chi connectivity index (χ1) is 20.5. The summed E-state index contributed by atoms with van der Waals surface area (Å²) < 4.78 is 6.64. The van der Waals surface area contributed by atoms with E-state index in [4.69, 9.17) is 25.1 Å². The normalized spacial score (nSPS) is 12.0. The number of aromatic nitrogens is 6. The molecule has 0 saturated heterocycles. The third-order valence-corrected chi connectivity index (χ3v) is 8.92. The second kappa shape index (κ2) is 16.2. The summed E-state index contributed by atoms with van der Waals surface area (Å²) in [5.74, 6) is 0.917. The molecule has 232 valence electrons. The van der Waals surface area contributed by atoms with Crippen molar-refractivity contribution in [2.45, 2.75) is 157 Å². The number of hydrogen-bond acceptors (Lipinski definition) is 5. The minimum Gasteiger partial charge on any atom is -0.492 e. The Morgan fingerprint density at radius 2 is 0.881 bits per heavy atom. The first-order valence-electron chi connectivity index (χ1n) is 17.2. The van der Waals surface area contributed by atoms with E-state index >= 15 is 0 Å². The van der Waals surface area contributed by atoms with Gasteiger partial charge in [0.25, 0.3) is 0 Å². The predicted molar refractivity (Wildman–Crippen MR) is 177 cm³/mol. The summed E-state index contributed by atoms with van der Waals surface area (Å²) in [4.78, 5) is 3.85. The number of aryl methyl sites for hydroxylation is 5. The van der Waals surface area contributed by atoms with E-state index in [0.717, 1.165) is 76.5 Å². The summed E-state index contributed by atoms with van der Waals surface area (Å²) in [6.07, 6.45) is 19.8. The smallest absolute Gasteiger partial charge is 0.134 e. The number of fused-ring (bicyclic) bond motifs is 5. The van der Waals surface area contributed by atoms with Crippen molar-refractivity contribution in [1.82, 2.24) is 30.0 Å². The molecule has 0 N–H and O–H groups in total. The molecule has 0 aliphatic rings. The molecular formula is C35H56N6O. The third kappa shape index (κ3) is 7.62. The van der Waals surface area contributed by atoms with Crippen LogP contribution in [0.3, 0.4) is 0 Å². The molecule has 2 aromatic carbocycles. The molecule has 0 spiro atoms. The van der Waals surface area contributed by atoms with Gasteiger partial charge in [0.1, 0.15) is 27.8 Å². The Hall–Kier alpha value is -2.70. The molecule has 0 radical (unpaired) electrons. The Bertz CT molecular complexity index is 1400. The van der Waals surface area contributed by atoms with Crippen LogP contribution in [0.25, 0.3) is 32.8 Å². The van der Waals surface area contributed by atoms with E-state index in [2.05, 4.69) is 41.5 Å². The fourth-order valence-corrected chi connectivity index (χ4v) is 6.17. The van der Waals surface area contributed by atoms with Gasteiger partial charge in [-0.3, -0.25) is 0 Å². The number of hydrogen-bond donors (Lipinski definition) is 0. The van der Waals surface area contributed by atoms with Crippen LogP contribution in [0.2, 0.25) is 0 Å². The average Bonchev–Trinajstić information content (AvgIpc) is 3.61. The maximum atomic E-state index is 6.64. The van der Waals surface area contributed by atoms with Crippen molar-refractivity contribution in [2.24, 2.45) is 0 Å². The molecule has 0 aliphatic carbocycles. The summed E-state index contributed by atoms with van der Waals surface area (Å²) in [5.41, 5.74) is 7.31. The van der Waals surface area contributed by atoms with Crippen LogP contribution >= 0.6 is 0 Å². The quantitative estimate of drug-likeness (QED) is 0.0979. The molecule has 0 fully saturated rings. The molecule has 2 aromatic heterocycles. The highest BCUT2D eigenvalue weighted by molar-refractivity contribution is 6.20. The van der Waals surface area contributed by atoms with Crippen LogP contribution in [0, 0.1) is 20.8 Å². The van der Waals surface area contributed by atoms with Crippen molar-refractivity contribution in [2.75, 3.05) is 6.61 Å². The van der Waals surface area contributed by atoms with Gasteiger partial charge in [0.05, 0.1) is 25.1 Å². The maximum absolute atomic E-state index is 6.64. The molecule has 0 saturated carbocycles. The first kappa shape index (κ1) is 32.2. The van der Waals surface area contributed by atoms with Crippen molar-refractivity contribution < 1.29 is 4.74 Å². The number of ether oxygens (including phenoxy) is 1. The SMILES string of the molecule is CCCCCCCCn1nc2c(C)c(OCCCCCC)c3c4nn(CCCCCCCC)nc4c(C)c(C)c3c2n1. The minimum atomic E-state index is 0.702. The molecule has 0 atom stereocenters. The standard InChI is InChI=1S/C35H56N6O/c1-7-10-13-16-18-20-23-40-36-31-27(5)26(4)29-30(34(31)39-40)35(42-25-22-15-12-9-3)28(6)32-33(29)38-41(37-32)24-21-19-17-14-11-8-2/h7-25H2,1-6H3. The molecule has 4 rings (SSSR count). The van der Waals surface area contributed by atoms with E-state index in [1.54, 1.807) is 0 Å². The van der Waals surface area contributed by atoms with Crippen LogP contribution in [0.1, 0.15) is 140 Å². The zero-order chi connectivity index (χ0) is 29.9. The molecule has 7 nitrogen and oxygen atoms in total. The number of benzene rings is 2. The van der Waals surface area contributed by atoms with Crippen LogP contribution in [0.15, 0.2) is 0 Å². The first-order valence-corrected chi connectivity index (χ1v) is 17.2. The Kier molecular flexibility index (Phi) is 12.4. The van der Waals surface area contributed by atoms with Crippen LogP contribution < -0.4 is 4.74 Å². The van der Waals surface area contributed by atoms with E-state index in [1.165, 1.54) is 94.6 Å². The third-order valence-electron chi connectivity index (χ3n) is 8.92. The molecular weight excluding hydrogens is 520 g/mol. The van der Waals surface area contributed by atoms with Crippen molar-refractivity contribution >= 4 is 32.8 Å². The van der Waals surface area contributed by atoms with Gasteiger partial charge < -0.3 is 4.74 Å². The van der Waals surface area contributed by atoms with Crippen molar-refractivity contribution in [3.05, 3.63) is 16.7 Å². The highest BCUT2D eigenvalue weighted by Gasteiger charge is 2.25. The maximum Gasteiger partial charge on any atom is 0.134 e. The summed E-state index contributed by atoms with van der Waals surface area (Å²) in [6, 6.07) is 0. The van der Waals surface area contributed by atoms with E-state index < -0.39 is 0 Å². The summed E-state index contributed by atoms with van der Waals surface area (Å²) in [7, 11) is 0. The highest BCUT2D eigenvalue weighted by Crippen LogP contribution is 2.42. The Labute approximate surface area is 253 Å². The van der Waals surface area contributed by atoms with Crippen LogP contribution in [-0.4, -0.2) is 36.6 Å². The van der Waals surface area contributed by atoms with Gasteiger partial charge >= 0.3 is 0 Å². The van der Waals surface area contributed by atoms with Gasteiger partial charge in [-0.1, -0.05) is 104 Å². The van der Waals surface area contributed by atoms with Gasteiger partial charge in [-0.05, 0) is 51.2 Å². The molecule has 0 bridgehead atoms. The number of rotatable bonds is 20. The lowest BCUT2D eigenvalue weighted by Gasteiger charge is -2.15. The van der Waals surface area contributed by atoms with Gasteiger partial charge in [-0.2, -0.15) is 30.0 Å². The van der Waals surface area contributed by atoms with Crippen molar-refractivity contribution in [1.29, 1.82) is 0 Å². The fraction of sp³-hybridized carbons (Fsp3) is 0.714. The van der Waals surface area contributed by atoms with E-state index in [0.29, 0.717) is 6.61 Å². The summed E-state index contributed by atoms with van der Waals surface area (Å²) >= 11 is 0. The lowest BCUT2D eigenvalue weighted by Crippen LogP contribution is -2.03. The second-order valence-corrected chi connectivity index (χ2v) is 12.4. The Balaban J connectivity index is 1.72. The number of unbranched alkanes of at least 4 members (excludes halogenated alkanes) is 13. The number of nitrogens with zero attached hydrogens (tertiary/aromatic N) is 6. The van der Waals surface area contributed by atoms with Gasteiger partial charge in [0.2, 0.25) is 0 Å². The zero-order valence-corrected chi connectivity index (χ0v) is 27.5. The van der Waals surface area contributed by atoms with Gasteiger partial charge in [-0.25, -0.2) is 0 Å². The van der Waals surface area contributed by atoms with Crippen molar-refractivity contribution in [3.63, 3.8) is 0 Å². The predicted octanol–water partition coefficient (Wildman–Crippen LogP) is 9.93. The highest BCUT2D eigenvalue weighted by atomic mass is 16.5. The van der Waals surface area contributed by atoms with Crippen LogP contribution in [0.5, 0.6) is 5.75 Å². The van der Waals surface area contributed by atoms with E-state index in [1.807, 2.05) is 9.59 Å². The lowest BCUT2D eigenvalue weighted by atomic mass is 9.95. The largest absolute Gasteiger partial charge is 0.492 e. The van der Waals surface area contributed by atoms with Gasteiger partial charge in [-0.15, -0.1) is 0 Å².